The van der Waals surface area contributed by atoms with Crippen molar-refractivity contribution in [3.8, 4) is 0 Å². The summed E-state index contributed by atoms with van der Waals surface area (Å²) in [4.78, 5) is 2.54. The molecule has 2 aromatic heterocycles. The molecule has 0 aromatic carbocycles. The van der Waals surface area contributed by atoms with Gasteiger partial charge in [0.05, 0.1) is 12.3 Å². The second-order valence-electron chi connectivity index (χ2n) is 3.81. The van der Waals surface area contributed by atoms with Crippen LogP contribution < -0.4 is 5.73 Å². The number of hydrogen-bond donors (Lipinski definition) is 1. The van der Waals surface area contributed by atoms with Gasteiger partial charge in [0, 0.05) is 15.3 Å². The second kappa shape index (κ2) is 3.83. The number of thiophene rings is 1. The minimum Gasteiger partial charge on any atom is -0.469 e. The molecule has 1 atom stereocenters. The molecule has 0 amide bonds. The molecular formula is C12H15NOS. The zero-order valence-corrected chi connectivity index (χ0v) is 10.0. The SMILES string of the molecule is Cc1cc(C)c(C(N)c2ccoc2C)s1. The van der Waals surface area contributed by atoms with E-state index in [1.54, 1.807) is 17.6 Å². The van der Waals surface area contributed by atoms with Crippen molar-refractivity contribution in [2.24, 2.45) is 5.73 Å². The van der Waals surface area contributed by atoms with Crippen LogP contribution in [-0.4, -0.2) is 0 Å². The van der Waals surface area contributed by atoms with Gasteiger partial charge in [0.15, 0.2) is 0 Å². The first-order valence-electron chi connectivity index (χ1n) is 4.96. The number of rotatable bonds is 2. The van der Waals surface area contributed by atoms with Crippen LogP contribution in [0.3, 0.4) is 0 Å². The molecule has 0 fully saturated rings. The fraction of sp³-hybridized carbons (Fsp3) is 0.333. The minimum absolute atomic E-state index is 0.0533. The van der Waals surface area contributed by atoms with Gasteiger partial charge in [0.2, 0.25) is 0 Å². The highest BCUT2D eigenvalue weighted by Crippen LogP contribution is 2.31. The van der Waals surface area contributed by atoms with Crippen LogP contribution >= 0.6 is 11.3 Å². The van der Waals surface area contributed by atoms with Gasteiger partial charge in [-0.15, -0.1) is 11.3 Å². The smallest absolute Gasteiger partial charge is 0.105 e. The Labute approximate surface area is 93.7 Å². The van der Waals surface area contributed by atoms with E-state index in [-0.39, 0.29) is 6.04 Å². The standard InChI is InChI=1S/C12H15NOS/c1-7-6-8(2)15-12(7)11(13)10-4-5-14-9(10)3/h4-6,11H,13H2,1-3H3. The van der Waals surface area contributed by atoms with Crippen LogP contribution in [0.4, 0.5) is 0 Å². The Balaban J connectivity index is 2.40. The molecule has 0 radical (unpaired) electrons. The Morgan fingerprint density at radius 1 is 1.33 bits per heavy atom. The summed E-state index contributed by atoms with van der Waals surface area (Å²) in [7, 11) is 0. The molecule has 80 valence electrons. The third kappa shape index (κ3) is 1.85. The van der Waals surface area contributed by atoms with Crippen LogP contribution in [0.5, 0.6) is 0 Å². The molecule has 1 unspecified atom stereocenters. The minimum atomic E-state index is -0.0533. The van der Waals surface area contributed by atoms with Crippen LogP contribution in [0.2, 0.25) is 0 Å². The summed E-state index contributed by atoms with van der Waals surface area (Å²) in [5.74, 6) is 0.910. The highest BCUT2D eigenvalue weighted by Gasteiger charge is 2.17. The van der Waals surface area contributed by atoms with Crippen molar-refractivity contribution in [3.05, 3.63) is 45.0 Å². The zero-order chi connectivity index (χ0) is 11.0. The van der Waals surface area contributed by atoms with Crippen LogP contribution in [0, 0.1) is 20.8 Å². The second-order valence-corrected chi connectivity index (χ2v) is 5.10. The maximum atomic E-state index is 6.23. The summed E-state index contributed by atoms with van der Waals surface area (Å²) in [6.07, 6.45) is 1.69. The summed E-state index contributed by atoms with van der Waals surface area (Å²) in [6, 6.07) is 4.08. The third-order valence-corrected chi connectivity index (χ3v) is 3.83. The van der Waals surface area contributed by atoms with Gasteiger partial charge in [-0.05, 0) is 38.5 Å². The zero-order valence-electron chi connectivity index (χ0n) is 9.20. The fourth-order valence-electron chi connectivity index (χ4n) is 1.83. The molecule has 3 heteroatoms. The maximum absolute atomic E-state index is 6.23. The van der Waals surface area contributed by atoms with Gasteiger partial charge in [0.25, 0.3) is 0 Å². The highest BCUT2D eigenvalue weighted by atomic mass is 32.1. The fourth-order valence-corrected chi connectivity index (χ4v) is 2.88. The summed E-state index contributed by atoms with van der Waals surface area (Å²) < 4.78 is 5.28. The Bertz CT molecular complexity index is 470. The molecule has 0 aliphatic carbocycles. The van der Waals surface area contributed by atoms with Crippen molar-refractivity contribution in [2.75, 3.05) is 0 Å². The van der Waals surface area contributed by atoms with Crippen LogP contribution in [0.15, 0.2) is 22.8 Å². The van der Waals surface area contributed by atoms with E-state index >= 15 is 0 Å². The maximum Gasteiger partial charge on any atom is 0.105 e. The van der Waals surface area contributed by atoms with Gasteiger partial charge in [-0.3, -0.25) is 0 Å². The van der Waals surface area contributed by atoms with Gasteiger partial charge in [0.1, 0.15) is 5.76 Å². The average molecular weight is 221 g/mol. The van der Waals surface area contributed by atoms with E-state index in [1.165, 1.54) is 15.3 Å². The topological polar surface area (TPSA) is 39.2 Å². The largest absolute Gasteiger partial charge is 0.469 e. The molecular weight excluding hydrogens is 206 g/mol. The van der Waals surface area contributed by atoms with Gasteiger partial charge in [-0.2, -0.15) is 0 Å². The summed E-state index contributed by atoms with van der Waals surface area (Å²) >= 11 is 1.76. The number of hydrogen-bond acceptors (Lipinski definition) is 3. The van der Waals surface area contributed by atoms with E-state index in [9.17, 15) is 0 Å². The first-order chi connectivity index (χ1) is 7.09. The lowest BCUT2D eigenvalue weighted by Crippen LogP contribution is -2.11. The predicted molar refractivity (Wildman–Crippen MR) is 63.3 cm³/mol. The van der Waals surface area contributed by atoms with E-state index < -0.39 is 0 Å². The van der Waals surface area contributed by atoms with Crippen molar-refractivity contribution >= 4 is 11.3 Å². The molecule has 2 N–H and O–H groups in total. The van der Waals surface area contributed by atoms with Crippen LogP contribution in [0.25, 0.3) is 0 Å². The van der Waals surface area contributed by atoms with Crippen molar-refractivity contribution < 1.29 is 4.42 Å². The summed E-state index contributed by atoms with van der Waals surface area (Å²) in [5, 5.41) is 0. The first kappa shape index (κ1) is 10.5. The van der Waals surface area contributed by atoms with Gasteiger partial charge in [-0.25, -0.2) is 0 Å². The number of aryl methyl sites for hydroxylation is 3. The molecule has 0 aliphatic rings. The Morgan fingerprint density at radius 3 is 2.53 bits per heavy atom. The summed E-state index contributed by atoms with van der Waals surface area (Å²) in [6.45, 7) is 6.16. The van der Waals surface area contributed by atoms with E-state index in [2.05, 4.69) is 19.9 Å². The number of nitrogens with two attached hydrogens (primary N) is 1. The Kier molecular flexibility index (Phi) is 2.67. The molecule has 15 heavy (non-hydrogen) atoms. The van der Waals surface area contributed by atoms with E-state index in [0.29, 0.717) is 0 Å². The summed E-state index contributed by atoms with van der Waals surface area (Å²) in [5.41, 5.74) is 8.58. The van der Waals surface area contributed by atoms with Crippen LogP contribution in [-0.2, 0) is 0 Å². The lowest BCUT2D eigenvalue weighted by atomic mass is 10.1. The van der Waals surface area contributed by atoms with Gasteiger partial charge < -0.3 is 10.2 Å². The molecule has 2 aromatic rings. The van der Waals surface area contributed by atoms with E-state index in [1.807, 2.05) is 13.0 Å². The van der Waals surface area contributed by atoms with Crippen molar-refractivity contribution in [1.29, 1.82) is 0 Å². The third-order valence-electron chi connectivity index (χ3n) is 2.60. The van der Waals surface area contributed by atoms with Crippen molar-refractivity contribution in [1.82, 2.24) is 0 Å². The predicted octanol–water partition coefficient (Wildman–Crippen LogP) is 3.31. The molecule has 2 nitrogen and oxygen atoms in total. The average Bonchev–Trinajstić information content (AvgIpc) is 2.71. The molecule has 2 heterocycles. The van der Waals surface area contributed by atoms with Gasteiger partial charge >= 0.3 is 0 Å². The highest BCUT2D eigenvalue weighted by molar-refractivity contribution is 7.12. The Morgan fingerprint density at radius 2 is 2.07 bits per heavy atom. The quantitative estimate of drug-likeness (QED) is 0.845. The molecule has 0 saturated heterocycles. The monoisotopic (exact) mass is 221 g/mol. The molecule has 0 bridgehead atoms. The van der Waals surface area contributed by atoms with E-state index in [4.69, 9.17) is 10.2 Å². The number of furan rings is 1. The van der Waals surface area contributed by atoms with Crippen molar-refractivity contribution in [2.45, 2.75) is 26.8 Å². The Hall–Kier alpha value is -1.06. The normalized spacial score (nSPS) is 13.1. The van der Waals surface area contributed by atoms with Crippen molar-refractivity contribution in [3.63, 3.8) is 0 Å². The first-order valence-corrected chi connectivity index (χ1v) is 5.77. The molecule has 2 rings (SSSR count). The molecule has 0 saturated carbocycles. The molecule has 0 aliphatic heterocycles. The lowest BCUT2D eigenvalue weighted by Gasteiger charge is -2.09. The van der Waals surface area contributed by atoms with E-state index in [0.717, 1.165) is 11.3 Å². The lowest BCUT2D eigenvalue weighted by molar-refractivity contribution is 0.528. The molecule has 0 spiro atoms. The van der Waals surface area contributed by atoms with Gasteiger partial charge in [-0.1, -0.05) is 0 Å². The van der Waals surface area contributed by atoms with Crippen LogP contribution in [0.1, 0.15) is 32.7 Å².